The van der Waals surface area contributed by atoms with E-state index >= 15 is 0 Å². The second-order valence-electron chi connectivity index (χ2n) is 8.21. The second kappa shape index (κ2) is 8.33. The summed E-state index contributed by atoms with van der Waals surface area (Å²) in [5.74, 6) is 0.0896. The number of likely N-dealkylation sites (tertiary alicyclic amines) is 2. The molecule has 0 atom stereocenters. The molecular formula is C19H36N4O2. The van der Waals surface area contributed by atoms with Gasteiger partial charge in [0, 0.05) is 19.2 Å². The lowest BCUT2D eigenvalue weighted by Crippen LogP contribution is -2.63. The van der Waals surface area contributed by atoms with Crippen LogP contribution in [0.2, 0.25) is 0 Å². The molecule has 0 radical (unpaired) electrons. The summed E-state index contributed by atoms with van der Waals surface area (Å²) < 4.78 is 5.70. The summed E-state index contributed by atoms with van der Waals surface area (Å²) in [6, 6.07) is 0. The van der Waals surface area contributed by atoms with Crippen LogP contribution in [0.4, 0.5) is 0 Å². The number of hydrogen-bond acceptors (Lipinski definition) is 5. The number of piperidine rings is 3. The summed E-state index contributed by atoms with van der Waals surface area (Å²) in [5.41, 5.74) is -0.510. The fourth-order valence-electron chi connectivity index (χ4n) is 4.77. The van der Waals surface area contributed by atoms with Crippen LogP contribution in [0.3, 0.4) is 0 Å². The zero-order chi connectivity index (χ0) is 17.8. The van der Waals surface area contributed by atoms with Crippen molar-refractivity contribution in [3.63, 3.8) is 0 Å². The molecule has 0 aromatic heterocycles. The number of ether oxygens (including phenoxy) is 1. The average molecular weight is 353 g/mol. The van der Waals surface area contributed by atoms with Crippen molar-refractivity contribution >= 4 is 5.91 Å². The topological polar surface area (TPSA) is 56.8 Å². The van der Waals surface area contributed by atoms with Crippen LogP contribution < -0.4 is 10.6 Å². The van der Waals surface area contributed by atoms with Crippen LogP contribution in [-0.4, -0.2) is 86.8 Å². The van der Waals surface area contributed by atoms with E-state index in [0.29, 0.717) is 0 Å². The van der Waals surface area contributed by atoms with Crippen LogP contribution in [0.1, 0.15) is 44.9 Å². The van der Waals surface area contributed by atoms with E-state index in [-0.39, 0.29) is 11.4 Å². The summed E-state index contributed by atoms with van der Waals surface area (Å²) in [6.07, 6.45) is 7.73. The molecule has 0 aromatic rings. The lowest BCUT2D eigenvalue weighted by atomic mass is 9.83. The summed E-state index contributed by atoms with van der Waals surface area (Å²) >= 11 is 0. The molecule has 3 rings (SSSR count). The van der Waals surface area contributed by atoms with Gasteiger partial charge in [-0.25, -0.2) is 0 Å². The molecule has 0 aromatic carbocycles. The first-order valence-corrected chi connectivity index (χ1v) is 10.1. The van der Waals surface area contributed by atoms with Gasteiger partial charge < -0.3 is 20.3 Å². The van der Waals surface area contributed by atoms with Crippen molar-refractivity contribution in [1.29, 1.82) is 0 Å². The summed E-state index contributed by atoms with van der Waals surface area (Å²) in [5, 5.41) is 6.64. The Labute approximate surface area is 152 Å². The lowest BCUT2D eigenvalue weighted by Gasteiger charge is -2.50. The molecule has 0 spiro atoms. The van der Waals surface area contributed by atoms with Gasteiger partial charge >= 0.3 is 0 Å². The van der Waals surface area contributed by atoms with Crippen LogP contribution in [-0.2, 0) is 9.53 Å². The van der Waals surface area contributed by atoms with E-state index in [9.17, 15) is 4.79 Å². The minimum absolute atomic E-state index is 0.0896. The highest BCUT2D eigenvalue weighted by Gasteiger charge is 2.43. The Kier molecular flexibility index (Phi) is 6.36. The first-order chi connectivity index (χ1) is 12.1. The van der Waals surface area contributed by atoms with E-state index in [1.807, 2.05) is 0 Å². The van der Waals surface area contributed by atoms with Gasteiger partial charge in [-0.3, -0.25) is 9.69 Å². The Bertz CT molecular complexity index is 437. The van der Waals surface area contributed by atoms with Gasteiger partial charge in [0.2, 0.25) is 0 Å². The predicted octanol–water partition coefficient (Wildman–Crippen LogP) is 0.822. The van der Waals surface area contributed by atoms with Gasteiger partial charge in [0.05, 0.1) is 0 Å². The molecule has 25 heavy (non-hydrogen) atoms. The maximum absolute atomic E-state index is 13.0. The lowest BCUT2D eigenvalue weighted by molar-refractivity contribution is -0.147. The molecule has 6 nitrogen and oxygen atoms in total. The SMILES string of the molecule is COC1(C(=O)NCC2(N3CCCCC3)CCN(C)CC2)CCNCC1. The van der Waals surface area contributed by atoms with Gasteiger partial charge in [-0.05, 0) is 84.8 Å². The molecule has 144 valence electrons. The standard InChI is InChI=1S/C19H36N4O2/c1-22-14-8-18(9-15-22,23-12-4-3-5-13-23)16-21-17(24)19(25-2)6-10-20-11-7-19/h20H,3-16H2,1-2H3,(H,21,24). The third-order valence-corrected chi connectivity index (χ3v) is 6.74. The molecule has 1 amide bonds. The van der Waals surface area contributed by atoms with Gasteiger partial charge in [-0.2, -0.15) is 0 Å². The van der Waals surface area contributed by atoms with Gasteiger partial charge in [-0.1, -0.05) is 6.42 Å². The molecule has 2 N–H and O–H groups in total. The fraction of sp³-hybridized carbons (Fsp3) is 0.947. The van der Waals surface area contributed by atoms with Crippen molar-refractivity contribution in [3.8, 4) is 0 Å². The number of rotatable bonds is 5. The number of methoxy groups -OCH3 is 1. The molecule has 0 unspecified atom stereocenters. The minimum atomic E-state index is -0.639. The third kappa shape index (κ3) is 4.18. The third-order valence-electron chi connectivity index (χ3n) is 6.74. The molecule has 3 aliphatic rings. The van der Waals surface area contributed by atoms with E-state index in [2.05, 4.69) is 27.5 Å². The maximum Gasteiger partial charge on any atom is 0.252 e. The first-order valence-electron chi connectivity index (χ1n) is 10.1. The first kappa shape index (κ1) is 19.1. The Morgan fingerprint density at radius 2 is 1.68 bits per heavy atom. The quantitative estimate of drug-likeness (QED) is 0.767. The van der Waals surface area contributed by atoms with E-state index in [1.54, 1.807) is 7.11 Å². The van der Waals surface area contributed by atoms with E-state index in [4.69, 9.17) is 4.74 Å². The Morgan fingerprint density at radius 1 is 1.04 bits per heavy atom. The number of nitrogens with zero attached hydrogens (tertiary/aromatic N) is 2. The van der Waals surface area contributed by atoms with E-state index in [0.717, 1.165) is 58.4 Å². The summed E-state index contributed by atoms with van der Waals surface area (Å²) in [6.45, 7) is 7.06. The highest BCUT2D eigenvalue weighted by molar-refractivity contribution is 5.85. The Hall–Kier alpha value is -0.690. The largest absolute Gasteiger partial charge is 0.368 e. The van der Waals surface area contributed by atoms with E-state index in [1.165, 1.54) is 32.4 Å². The molecule has 0 aliphatic carbocycles. The zero-order valence-corrected chi connectivity index (χ0v) is 16.1. The van der Waals surface area contributed by atoms with Crippen molar-refractivity contribution in [2.45, 2.75) is 56.1 Å². The zero-order valence-electron chi connectivity index (χ0n) is 16.1. The van der Waals surface area contributed by atoms with Crippen molar-refractivity contribution in [1.82, 2.24) is 20.4 Å². The molecule has 6 heteroatoms. The van der Waals surface area contributed by atoms with Crippen molar-refractivity contribution in [2.24, 2.45) is 0 Å². The van der Waals surface area contributed by atoms with Crippen LogP contribution in [0.5, 0.6) is 0 Å². The Balaban J connectivity index is 1.66. The van der Waals surface area contributed by atoms with Crippen molar-refractivity contribution < 1.29 is 9.53 Å². The normalized spacial score (nSPS) is 27.8. The van der Waals surface area contributed by atoms with Crippen LogP contribution in [0, 0.1) is 0 Å². The second-order valence-corrected chi connectivity index (χ2v) is 8.21. The number of nitrogens with one attached hydrogen (secondary N) is 2. The molecule has 3 heterocycles. The van der Waals surface area contributed by atoms with E-state index < -0.39 is 5.60 Å². The fourth-order valence-corrected chi connectivity index (χ4v) is 4.77. The Morgan fingerprint density at radius 3 is 2.28 bits per heavy atom. The van der Waals surface area contributed by atoms with Gasteiger partial charge in [0.25, 0.3) is 5.91 Å². The van der Waals surface area contributed by atoms with Crippen LogP contribution in [0.25, 0.3) is 0 Å². The highest BCUT2D eigenvalue weighted by atomic mass is 16.5. The van der Waals surface area contributed by atoms with Gasteiger partial charge in [0.1, 0.15) is 5.60 Å². The smallest absolute Gasteiger partial charge is 0.252 e. The molecule has 3 fully saturated rings. The van der Waals surface area contributed by atoms with Crippen molar-refractivity contribution in [3.05, 3.63) is 0 Å². The number of amides is 1. The molecule has 3 saturated heterocycles. The molecule has 0 saturated carbocycles. The highest BCUT2D eigenvalue weighted by Crippen LogP contribution is 2.31. The van der Waals surface area contributed by atoms with Crippen molar-refractivity contribution in [2.75, 3.05) is 60.0 Å². The summed E-state index contributed by atoms with van der Waals surface area (Å²) in [7, 11) is 3.88. The van der Waals surface area contributed by atoms with Gasteiger partial charge in [-0.15, -0.1) is 0 Å². The average Bonchev–Trinajstić information content (AvgIpc) is 2.69. The van der Waals surface area contributed by atoms with Gasteiger partial charge in [0.15, 0.2) is 0 Å². The number of hydrogen-bond donors (Lipinski definition) is 2. The molecule has 0 bridgehead atoms. The minimum Gasteiger partial charge on any atom is -0.368 e. The van der Waals surface area contributed by atoms with Crippen LogP contribution in [0.15, 0.2) is 0 Å². The predicted molar refractivity (Wildman–Crippen MR) is 99.7 cm³/mol. The maximum atomic E-state index is 13.0. The number of carbonyl (C=O) groups is 1. The monoisotopic (exact) mass is 352 g/mol. The molecular weight excluding hydrogens is 316 g/mol. The summed E-state index contributed by atoms with van der Waals surface area (Å²) in [4.78, 5) is 18.1. The molecule has 3 aliphatic heterocycles. The number of carbonyl (C=O) groups excluding carboxylic acids is 1. The van der Waals surface area contributed by atoms with Crippen LogP contribution >= 0.6 is 0 Å².